The van der Waals surface area contributed by atoms with E-state index in [-0.39, 0.29) is 5.56 Å². The van der Waals surface area contributed by atoms with Gasteiger partial charge < -0.3 is 4.74 Å². The number of nitrogens with zero attached hydrogens (tertiary/aromatic N) is 1. The van der Waals surface area contributed by atoms with Crippen molar-refractivity contribution in [3.8, 4) is 11.4 Å². The third-order valence-corrected chi connectivity index (χ3v) is 4.43. The number of para-hydroxylation sites is 1. The number of hydrogen-bond donors (Lipinski definition) is 1. The molecule has 1 N–H and O–H groups in total. The van der Waals surface area contributed by atoms with E-state index in [0.717, 1.165) is 29.0 Å². The second-order valence-corrected chi connectivity index (χ2v) is 6.44. The Balaban J connectivity index is 2.12. The molecule has 0 unspecified atom stereocenters. The molecule has 0 saturated heterocycles. The van der Waals surface area contributed by atoms with Crippen LogP contribution in [-0.4, -0.2) is 16.4 Å². The third kappa shape index (κ3) is 3.49. The van der Waals surface area contributed by atoms with Crippen LogP contribution in [0.1, 0.15) is 30.0 Å². The number of H-pyrrole nitrogens is 1. The first-order valence-electron chi connectivity index (χ1n) is 8.82. The van der Waals surface area contributed by atoms with Crippen molar-refractivity contribution in [2.75, 3.05) is 6.61 Å². The minimum absolute atomic E-state index is 0.122. The molecule has 0 bridgehead atoms. The van der Waals surface area contributed by atoms with Gasteiger partial charge in [0.25, 0.3) is 5.56 Å². The summed E-state index contributed by atoms with van der Waals surface area (Å²) in [6.45, 7) is 10.8. The molecule has 2 aromatic carbocycles. The maximum Gasteiger partial charge on any atom is 0.279 e. The average Bonchev–Trinajstić information content (AvgIpc) is 2.91. The molecule has 0 saturated carbocycles. The van der Waals surface area contributed by atoms with E-state index in [9.17, 15) is 4.79 Å². The first-order chi connectivity index (χ1) is 12.5. The lowest BCUT2D eigenvalue weighted by molar-refractivity contribution is 0.317. The molecule has 0 atom stereocenters. The second kappa shape index (κ2) is 7.48. The topological polar surface area (TPSA) is 47.0 Å². The van der Waals surface area contributed by atoms with Crippen molar-refractivity contribution in [3.05, 3.63) is 80.1 Å². The van der Waals surface area contributed by atoms with Crippen LogP contribution in [0.3, 0.4) is 0 Å². The van der Waals surface area contributed by atoms with Crippen LogP contribution in [0.15, 0.2) is 47.3 Å². The van der Waals surface area contributed by atoms with E-state index in [4.69, 9.17) is 4.74 Å². The Morgan fingerprint density at radius 2 is 1.92 bits per heavy atom. The quantitative estimate of drug-likeness (QED) is 0.771. The van der Waals surface area contributed by atoms with E-state index in [2.05, 4.69) is 25.5 Å². The van der Waals surface area contributed by atoms with Crippen molar-refractivity contribution < 1.29 is 4.74 Å². The molecule has 3 aromatic rings. The Morgan fingerprint density at radius 1 is 1.15 bits per heavy atom. The van der Waals surface area contributed by atoms with Crippen LogP contribution >= 0.6 is 0 Å². The fourth-order valence-electron chi connectivity index (χ4n) is 2.79. The molecule has 4 nitrogen and oxygen atoms in total. The Kier molecular flexibility index (Phi) is 5.12. The molecule has 0 aliphatic rings. The van der Waals surface area contributed by atoms with E-state index in [1.165, 1.54) is 10.2 Å². The van der Waals surface area contributed by atoms with Crippen molar-refractivity contribution in [2.24, 2.45) is 0 Å². The summed E-state index contributed by atoms with van der Waals surface area (Å²) in [7, 11) is 0. The molecular formula is C22H24N2O2. The molecule has 0 spiro atoms. The largest absolute Gasteiger partial charge is 0.493 e. The lowest BCUT2D eigenvalue weighted by Gasteiger charge is -2.07. The zero-order valence-corrected chi connectivity index (χ0v) is 15.5. The summed E-state index contributed by atoms with van der Waals surface area (Å²) in [5, 5.41) is 4.20. The zero-order valence-electron chi connectivity index (χ0n) is 15.5. The predicted molar refractivity (Wildman–Crippen MR) is 106 cm³/mol. The summed E-state index contributed by atoms with van der Waals surface area (Å²) < 4.78 is 7.33. The lowest BCUT2D eigenvalue weighted by Crippen LogP contribution is -2.34. The number of aromatic amines is 1. The highest BCUT2D eigenvalue weighted by atomic mass is 16.5. The number of hydrogen-bond acceptors (Lipinski definition) is 2. The predicted octanol–water partition coefficient (Wildman–Crippen LogP) is 2.81. The number of aromatic nitrogens is 2. The van der Waals surface area contributed by atoms with Crippen molar-refractivity contribution >= 4 is 12.7 Å². The summed E-state index contributed by atoms with van der Waals surface area (Å²) in [5.41, 5.74) is 3.88. The average molecular weight is 348 g/mol. The van der Waals surface area contributed by atoms with Gasteiger partial charge in [-0.05, 0) is 55.7 Å². The first-order valence-corrected chi connectivity index (χ1v) is 8.82. The van der Waals surface area contributed by atoms with Crippen LogP contribution in [-0.2, 0) is 0 Å². The van der Waals surface area contributed by atoms with Gasteiger partial charge in [0.1, 0.15) is 5.75 Å². The van der Waals surface area contributed by atoms with Crippen LogP contribution in [0.2, 0.25) is 0 Å². The fraction of sp³-hybridized carbons (Fsp3) is 0.227. The van der Waals surface area contributed by atoms with Gasteiger partial charge in [0, 0.05) is 5.56 Å². The molecule has 0 aliphatic heterocycles. The van der Waals surface area contributed by atoms with E-state index in [0.29, 0.717) is 17.2 Å². The van der Waals surface area contributed by atoms with Gasteiger partial charge in [0.15, 0.2) is 0 Å². The Hall–Kier alpha value is -3.01. The number of benzene rings is 2. The van der Waals surface area contributed by atoms with Crippen molar-refractivity contribution in [1.29, 1.82) is 0 Å². The number of nitrogens with one attached hydrogen (secondary N) is 1. The second-order valence-electron chi connectivity index (χ2n) is 6.44. The normalized spacial score (nSPS) is 11.7. The van der Waals surface area contributed by atoms with Crippen molar-refractivity contribution in [3.63, 3.8) is 0 Å². The van der Waals surface area contributed by atoms with E-state index >= 15 is 0 Å². The minimum atomic E-state index is -0.122. The Morgan fingerprint density at radius 3 is 2.65 bits per heavy atom. The van der Waals surface area contributed by atoms with Gasteiger partial charge in [-0.25, -0.2) is 4.68 Å². The molecule has 0 radical (unpaired) electrons. The SMILES string of the molecule is C=c1[nH]n(-c2ccc(C)c(C)c2)c(=O)/c1=C\c1ccccc1OCCC. The first kappa shape index (κ1) is 17.8. The van der Waals surface area contributed by atoms with Crippen LogP contribution in [0.5, 0.6) is 5.75 Å². The monoisotopic (exact) mass is 348 g/mol. The van der Waals surface area contributed by atoms with Gasteiger partial charge in [0.2, 0.25) is 0 Å². The van der Waals surface area contributed by atoms with Gasteiger partial charge in [-0.1, -0.05) is 37.8 Å². The lowest BCUT2D eigenvalue weighted by atomic mass is 10.1. The smallest absolute Gasteiger partial charge is 0.279 e. The Labute approximate surface area is 153 Å². The number of ether oxygens (including phenoxy) is 1. The Bertz CT molecular complexity index is 1090. The zero-order chi connectivity index (χ0) is 18.7. The molecule has 26 heavy (non-hydrogen) atoms. The molecular weight excluding hydrogens is 324 g/mol. The van der Waals surface area contributed by atoms with Crippen molar-refractivity contribution in [2.45, 2.75) is 27.2 Å². The van der Waals surface area contributed by atoms with Gasteiger partial charge in [-0.15, -0.1) is 0 Å². The minimum Gasteiger partial charge on any atom is -0.493 e. The standard InChI is InChI=1S/C22H24N2O2/c1-5-12-26-21-9-7-6-8-18(21)14-20-17(4)23-24(22(20)25)19-11-10-15(2)16(3)13-19/h6-11,13-14,23H,4-5,12H2,1-3H3/b20-14-. The van der Waals surface area contributed by atoms with E-state index in [1.54, 1.807) is 0 Å². The van der Waals surface area contributed by atoms with Gasteiger partial charge >= 0.3 is 0 Å². The highest BCUT2D eigenvalue weighted by molar-refractivity contribution is 5.57. The summed E-state index contributed by atoms with van der Waals surface area (Å²) in [6, 6.07) is 13.7. The van der Waals surface area contributed by atoms with Gasteiger partial charge in [-0.2, -0.15) is 0 Å². The summed E-state index contributed by atoms with van der Waals surface area (Å²) in [6.07, 6.45) is 2.77. The number of aryl methyl sites for hydroxylation is 2. The van der Waals surface area contributed by atoms with Crippen LogP contribution < -0.4 is 20.9 Å². The fourth-order valence-corrected chi connectivity index (χ4v) is 2.79. The van der Waals surface area contributed by atoms with Crippen LogP contribution in [0.4, 0.5) is 0 Å². The molecule has 134 valence electrons. The highest BCUT2D eigenvalue weighted by Crippen LogP contribution is 2.18. The molecule has 0 aliphatic carbocycles. The van der Waals surface area contributed by atoms with Gasteiger partial charge in [0.05, 0.1) is 22.9 Å². The summed E-state index contributed by atoms with van der Waals surface area (Å²) in [4.78, 5) is 12.9. The van der Waals surface area contributed by atoms with Crippen LogP contribution in [0, 0.1) is 13.8 Å². The molecule has 0 amide bonds. The van der Waals surface area contributed by atoms with E-state index < -0.39 is 0 Å². The highest BCUT2D eigenvalue weighted by Gasteiger charge is 2.07. The maximum atomic E-state index is 12.9. The molecule has 1 heterocycles. The number of rotatable bonds is 5. The molecule has 0 fully saturated rings. The maximum absolute atomic E-state index is 12.9. The van der Waals surface area contributed by atoms with Gasteiger partial charge in [-0.3, -0.25) is 9.89 Å². The summed E-state index contributed by atoms with van der Waals surface area (Å²) >= 11 is 0. The van der Waals surface area contributed by atoms with Crippen LogP contribution in [0.25, 0.3) is 18.3 Å². The summed E-state index contributed by atoms with van der Waals surface area (Å²) in [5.74, 6) is 0.770. The molecule has 4 heteroatoms. The molecule has 3 rings (SSSR count). The molecule has 1 aromatic heterocycles. The van der Waals surface area contributed by atoms with Crippen molar-refractivity contribution in [1.82, 2.24) is 9.78 Å². The van der Waals surface area contributed by atoms with E-state index in [1.807, 2.05) is 55.5 Å². The third-order valence-electron chi connectivity index (χ3n) is 4.43.